The monoisotopic (exact) mass is 508 g/mol. The second-order valence-electron chi connectivity index (χ2n) is 6.10. The summed E-state index contributed by atoms with van der Waals surface area (Å²) in [4.78, 5) is 2.18. The Labute approximate surface area is 171 Å². The van der Waals surface area contributed by atoms with Crippen molar-refractivity contribution in [2.45, 2.75) is 12.4 Å². The van der Waals surface area contributed by atoms with Gasteiger partial charge in [0.05, 0.1) is 10.5 Å². The minimum absolute atomic E-state index is 0.100. The molecule has 0 saturated carbocycles. The zero-order valence-corrected chi connectivity index (χ0v) is 17.2. The van der Waals surface area contributed by atoms with Gasteiger partial charge < -0.3 is 15.2 Å². The Balaban J connectivity index is 2.02. The van der Waals surface area contributed by atoms with Crippen LogP contribution in [0.1, 0.15) is 17.2 Å². The summed E-state index contributed by atoms with van der Waals surface area (Å²) < 4.78 is 42.5. The van der Waals surface area contributed by atoms with Crippen molar-refractivity contribution >= 4 is 31.9 Å². The summed E-state index contributed by atoms with van der Waals surface area (Å²) in [6.07, 6.45) is -4.73. The molecule has 0 aliphatic carbocycles. The number of phenols is 1. The Kier molecular flexibility index (Phi) is 6.35. The zero-order chi connectivity index (χ0) is 19.6. The van der Waals surface area contributed by atoms with Gasteiger partial charge in [0, 0.05) is 36.2 Å². The van der Waals surface area contributed by atoms with Gasteiger partial charge in [0.15, 0.2) is 0 Å². The number of halogens is 5. The molecule has 9 heteroatoms. The van der Waals surface area contributed by atoms with Crippen LogP contribution in [0.3, 0.4) is 0 Å². The number of piperazine rings is 1. The van der Waals surface area contributed by atoms with E-state index >= 15 is 0 Å². The van der Waals surface area contributed by atoms with Crippen molar-refractivity contribution in [1.29, 1.82) is 0 Å². The van der Waals surface area contributed by atoms with E-state index in [1.54, 1.807) is 18.2 Å². The Hall–Kier alpha value is -1.29. The maximum absolute atomic E-state index is 12.4. The lowest BCUT2D eigenvalue weighted by Gasteiger charge is -2.36. The van der Waals surface area contributed by atoms with Gasteiger partial charge >= 0.3 is 6.36 Å². The van der Waals surface area contributed by atoms with E-state index in [-0.39, 0.29) is 17.5 Å². The quantitative estimate of drug-likeness (QED) is 0.620. The minimum atomic E-state index is -4.73. The van der Waals surface area contributed by atoms with Crippen LogP contribution in [0.15, 0.2) is 45.3 Å². The number of hydrogen-bond donors (Lipinski definition) is 2. The smallest absolute Gasteiger partial charge is 0.506 e. The molecule has 27 heavy (non-hydrogen) atoms. The largest absolute Gasteiger partial charge is 0.573 e. The second kappa shape index (κ2) is 8.38. The molecule has 146 valence electrons. The Bertz CT molecular complexity index is 794. The molecule has 1 aliphatic rings. The number of hydrogen-bond acceptors (Lipinski definition) is 4. The fourth-order valence-corrected chi connectivity index (χ4v) is 4.05. The van der Waals surface area contributed by atoms with E-state index < -0.39 is 6.36 Å². The molecule has 1 saturated heterocycles. The Morgan fingerprint density at radius 3 is 2.19 bits per heavy atom. The van der Waals surface area contributed by atoms with Crippen molar-refractivity contribution in [3.63, 3.8) is 0 Å². The minimum Gasteiger partial charge on any atom is -0.506 e. The Morgan fingerprint density at radius 2 is 1.59 bits per heavy atom. The molecule has 2 aromatic carbocycles. The van der Waals surface area contributed by atoms with Gasteiger partial charge in [-0.2, -0.15) is 0 Å². The highest BCUT2D eigenvalue weighted by Gasteiger charge is 2.32. The third kappa shape index (κ3) is 4.96. The van der Waals surface area contributed by atoms with Crippen LogP contribution in [-0.4, -0.2) is 42.5 Å². The number of nitrogens with one attached hydrogen (secondary N) is 1. The maximum atomic E-state index is 12.4. The van der Waals surface area contributed by atoms with Crippen LogP contribution >= 0.6 is 31.9 Å². The lowest BCUT2D eigenvalue weighted by molar-refractivity contribution is -0.274. The van der Waals surface area contributed by atoms with Crippen LogP contribution in [-0.2, 0) is 0 Å². The summed E-state index contributed by atoms with van der Waals surface area (Å²) in [5, 5.41) is 13.9. The molecular weight excluding hydrogens is 493 g/mol. The fraction of sp³-hybridized carbons (Fsp3) is 0.333. The number of phenolic OH excluding ortho intramolecular Hbond substituents is 1. The lowest BCUT2D eigenvalue weighted by Crippen LogP contribution is -2.45. The number of nitrogens with zero attached hydrogens (tertiary/aromatic N) is 1. The van der Waals surface area contributed by atoms with Gasteiger partial charge in [0.1, 0.15) is 11.5 Å². The van der Waals surface area contributed by atoms with Gasteiger partial charge in [-0.3, -0.25) is 4.90 Å². The van der Waals surface area contributed by atoms with Crippen LogP contribution in [0.25, 0.3) is 0 Å². The standard InChI is InChI=1S/C18H17Br2F3N2O2/c19-13-5-6-14(20)17(26)15(13)16(25-9-7-24-8-10-25)11-1-3-12(4-2-11)27-18(21,22)23/h1-6,16,24,26H,7-10H2/t16-/m0/s1. The predicted molar refractivity (Wildman–Crippen MR) is 103 cm³/mol. The van der Waals surface area contributed by atoms with Crippen molar-refractivity contribution in [2.75, 3.05) is 26.2 Å². The van der Waals surface area contributed by atoms with E-state index in [9.17, 15) is 18.3 Å². The average Bonchev–Trinajstić information content (AvgIpc) is 2.62. The SMILES string of the molecule is Oc1c(Br)ccc(Br)c1[C@H](c1ccc(OC(F)(F)F)cc1)N1CCNCC1. The molecule has 0 bridgehead atoms. The Morgan fingerprint density at radius 1 is 1.00 bits per heavy atom. The molecule has 0 aromatic heterocycles. The molecule has 0 unspecified atom stereocenters. The third-order valence-electron chi connectivity index (χ3n) is 4.33. The van der Waals surface area contributed by atoms with E-state index in [0.29, 0.717) is 10.0 Å². The van der Waals surface area contributed by atoms with Gasteiger partial charge in [-0.05, 0) is 45.8 Å². The molecule has 1 atom stereocenters. The highest BCUT2D eigenvalue weighted by atomic mass is 79.9. The fourth-order valence-electron chi connectivity index (χ4n) is 3.17. The van der Waals surface area contributed by atoms with Gasteiger partial charge in [0.2, 0.25) is 0 Å². The zero-order valence-electron chi connectivity index (χ0n) is 14.1. The van der Waals surface area contributed by atoms with Crippen molar-refractivity contribution < 1.29 is 23.0 Å². The van der Waals surface area contributed by atoms with Crippen LogP contribution < -0.4 is 10.1 Å². The molecule has 1 fully saturated rings. The van der Waals surface area contributed by atoms with Crippen molar-refractivity contribution in [1.82, 2.24) is 10.2 Å². The summed E-state index contributed by atoms with van der Waals surface area (Å²) >= 11 is 6.85. The molecular formula is C18H17Br2F3N2O2. The first-order valence-corrected chi connectivity index (χ1v) is 9.82. The van der Waals surface area contributed by atoms with Gasteiger partial charge in [-0.15, -0.1) is 13.2 Å². The molecule has 1 heterocycles. The van der Waals surface area contributed by atoms with Gasteiger partial charge in [-0.25, -0.2) is 0 Å². The number of rotatable bonds is 4. The van der Waals surface area contributed by atoms with Crippen LogP contribution in [0.2, 0.25) is 0 Å². The molecule has 4 nitrogen and oxygen atoms in total. The van der Waals surface area contributed by atoms with E-state index in [1.165, 1.54) is 12.1 Å². The first kappa shape index (κ1) is 20.4. The highest BCUT2D eigenvalue weighted by molar-refractivity contribution is 9.11. The summed E-state index contributed by atoms with van der Waals surface area (Å²) in [5.41, 5.74) is 1.43. The van der Waals surface area contributed by atoms with Gasteiger partial charge in [-0.1, -0.05) is 28.1 Å². The van der Waals surface area contributed by atoms with Crippen LogP contribution in [0, 0.1) is 0 Å². The highest BCUT2D eigenvalue weighted by Crippen LogP contribution is 2.43. The van der Waals surface area contributed by atoms with E-state index in [4.69, 9.17) is 0 Å². The van der Waals surface area contributed by atoms with E-state index in [1.807, 2.05) is 6.07 Å². The van der Waals surface area contributed by atoms with Crippen LogP contribution in [0.4, 0.5) is 13.2 Å². The second-order valence-corrected chi connectivity index (χ2v) is 7.81. The van der Waals surface area contributed by atoms with Crippen molar-refractivity contribution in [3.8, 4) is 11.5 Å². The molecule has 2 aromatic rings. The molecule has 0 radical (unpaired) electrons. The van der Waals surface area contributed by atoms with Crippen LogP contribution in [0.5, 0.6) is 11.5 Å². The normalized spacial score (nSPS) is 16.9. The maximum Gasteiger partial charge on any atom is 0.573 e. The first-order chi connectivity index (χ1) is 12.8. The lowest BCUT2D eigenvalue weighted by atomic mass is 9.95. The third-order valence-corrected chi connectivity index (χ3v) is 5.67. The topological polar surface area (TPSA) is 44.7 Å². The molecule has 3 rings (SSSR count). The first-order valence-electron chi connectivity index (χ1n) is 8.23. The van der Waals surface area contributed by atoms with E-state index in [0.717, 1.165) is 36.2 Å². The number of alkyl halides is 3. The number of aromatic hydroxyl groups is 1. The summed E-state index contributed by atoms with van der Waals surface area (Å²) in [6, 6.07) is 9.02. The number of ether oxygens (including phenoxy) is 1. The molecule has 0 amide bonds. The molecule has 1 aliphatic heterocycles. The molecule has 2 N–H and O–H groups in total. The van der Waals surface area contributed by atoms with Crippen molar-refractivity contribution in [3.05, 3.63) is 56.5 Å². The summed E-state index contributed by atoms with van der Waals surface area (Å²) in [6.45, 7) is 3.06. The predicted octanol–water partition coefficient (Wildman–Crippen LogP) is 4.81. The van der Waals surface area contributed by atoms with E-state index in [2.05, 4.69) is 46.8 Å². The van der Waals surface area contributed by atoms with Crippen molar-refractivity contribution in [2.24, 2.45) is 0 Å². The number of benzene rings is 2. The molecule has 0 spiro atoms. The average molecular weight is 510 g/mol. The summed E-state index contributed by atoms with van der Waals surface area (Å²) in [7, 11) is 0. The summed E-state index contributed by atoms with van der Waals surface area (Å²) in [5.74, 6) is -0.175. The van der Waals surface area contributed by atoms with Gasteiger partial charge in [0.25, 0.3) is 0 Å².